The molecule has 1 aromatic heterocycles. The fourth-order valence-corrected chi connectivity index (χ4v) is 2.96. The van der Waals surface area contributed by atoms with Gasteiger partial charge in [-0.05, 0) is 43.9 Å². The van der Waals surface area contributed by atoms with Crippen LogP contribution >= 0.6 is 0 Å². The highest BCUT2D eigenvalue weighted by molar-refractivity contribution is 5.40. The fourth-order valence-electron chi connectivity index (χ4n) is 2.96. The lowest BCUT2D eigenvalue weighted by atomic mass is 9.69. The summed E-state index contributed by atoms with van der Waals surface area (Å²) in [4.78, 5) is 0. The lowest BCUT2D eigenvalue weighted by molar-refractivity contribution is 0.160. The minimum absolute atomic E-state index is 0.431. The number of nitrogens with two attached hydrogens (primary N) is 1. The van der Waals surface area contributed by atoms with Gasteiger partial charge in [-0.25, -0.2) is 0 Å². The van der Waals surface area contributed by atoms with Gasteiger partial charge < -0.3 is 10.3 Å². The van der Waals surface area contributed by atoms with E-state index in [1.54, 1.807) is 0 Å². The molecular weight excluding hydrogens is 212 g/mol. The monoisotopic (exact) mass is 236 g/mol. The van der Waals surface area contributed by atoms with E-state index in [9.17, 15) is 0 Å². The molecule has 2 N–H and O–H groups in total. The number of aromatic nitrogens is 1. The largest absolute Gasteiger partial charge is 0.381 e. The van der Waals surface area contributed by atoms with E-state index in [1.165, 1.54) is 25.7 Å². The summed E-state index contributed by atoms with van der Waals surface area (Å²) in [5.41, 5.74) is 7.22. The second kappa shape index (κ2) is 4.35. The molecule has 0 bridgehead atoms. The number of anilines is 1. The Morgan fingerprint density at radius 1 is 1.18 bits per heavy atom. The van der Waals surface area contributed by atoms with Crippen LogP contribution < -0.4 is 5.73 Å². The van der Waals surface area contributed by atoms with Crippen LogP contribution in [0.3, 0.4) is 0 Å². The average Bonchev–Trinajstić information content (AvgIpc) is 2.59. The summed E-state index contributed by atoms with van der Waals surface area (Å²) in [6.07, 6.45) is 4.98. The Bertz CT molecular complexity index is 381. The maximum atomic E-state index is 5.74. The maximum Gasteiger partial charge on any atom is 0.170 e. The Morgan fingerprint density at radius 3 is 2.18 bits per heavy atom. The topological polar surface area (TPSA) is 52.0 Å². The zero-order valence-corrected chi connectivity index (χ0v) is 11.4. The van der Waals surface area contributed by atoms with E-state index in [4.69, 9.17) is 10.3 Å². The molecule has 1 heterocycles. The molecule has 0 aromatic carbocycles. The predicted molar refractivity (Wildman–Crippen MR) is 69.8 cm³/mol. The second-order valence-corrected chi connectivity index (χ2v) is 6.47. The third kappa shape index (κ3) is 2.48. The highest BCUT2D eigenvalue weighted by atomic mass is 16.5. The molecule has 3 nitrogen and oxygen atoms in total. The van der Waals surface area contributed by atoms with Crippen molar-refractivity contribution >= 4 is 5.82 Å². The molecule has 0 aliphatic heterocycles. The van der Waals surface area contributed by atoms with Crippen molar-refractivity contribution in [1.29, 1.82) is 0 Å². The van der Waals surface area contributed by atoms with Crippen molar-refractivity contribution in [2.75, 3.05) is 5.73 Å². The van der Waals surface area contributed by atoms with E-state index in [0.29, 0.717) is 17.2 Å². The molecular formula is C14H24N2O. The molecule has 0 amide bonds. The molecule has 1 aromatic rings. The van der Waals surface area contributed by atoms with E-state index in [2.05, 4.69) is 25.9 Å². The molecule has 17 heavy (non-hydrogen) atoms. The normalized spacial score (nSPS) is 26.1. The van der Waals surface area contributed by atoms with Gasteiger partial charge in [0.25, 0.3) is 0 Å². The van der Waals surface area contributed by atoms with Crippen LogP contribution in [0.25, 0.3) is 0 Å². The Hall–Kier alpha value is -0.990. The molecule has 0 unspecified atom stereocenters. The van der Waals surface area contributed by atoms with Gasteiger partial charge in [0.15, 0.2) is 5.82 Å². The molecule has 1 aliphatic rings. The predicted octanol–water partition coefficient (Wildman–Crippen LogP) is 3.89. The SMILES string of the molecule is Cc1c(N)noc1C1CCC(C(C)(C)C)CC1. The van der Waals surface area contributed by atoms with Gasteiger partial charge in [-0.2, -0.15) is 0 Å². The van der Waals surface area contributed by atoms with Crippen LogP contribution in [0.1, 0.15) is 63.7 Å². The van der Waals surface area contributed by atoms with Crippen LogP contribution in [0.2, 0.25) is 0 Å². The summed E-state index contributed by atoms with van der Waals surface area (Å²) in [5, 5.41) is 3.86. The van der Waals surface area contributed by atoms with Gasteiger partial charge in [-0.3, -0.25) is 0 Å². The molecule has 96 valence electrons. The standard InChI is InChI=1S/C14H24N2O/c1-9-12(17-16-13(9)15)10-5-7-11(8-6-10)14(2,3)4/h10-11H,5-8H2,1-4H3,(H2,15,16). The highest BCUT2D eigenvalue weighted by Gasteiger charge is 2.32. The van der Waals surface area contributed by atoms with Gasteiger partial charge in [0.1, 0.15) is 5.76 Å². The second-order valence-electron chi connectivity index (χ2n) is 6.47. The van der Waals surface area contributed by atoms with Crippen LogP contribution in [0.15, 0.2) is 4.52 Å². The summed E-state index contributed by atoms with van der Waals surface area (Å²) >= 11 is 0. The highest BCUT2D eigenvalue weighted by Crippen LogP contribution is 2.44. The van der Waals surface area contributed by atoms with Crippen molar-refractivity contribution in [3.05, 3.63) is 11.3 Å². The summed E-state index contributed by atoms with van der Waals surface area (Å²) in [6, 6.07) is 0. The number of hydrogen-bond acceptors (Lipinski definition) is 3. The molecule has 0 spiro atoms. The average molecular weight is 236 g/mol. The van der Waals surface area contributed by atoms with Crippen LogP contribution in [0.4, 0.5) is 5.82 Å². The number of nitrogens with zero attached hydrogens (tertiary/aromatic N) is 1. The Labute approximate surface area is 104 Å². The summed E-state index contributed by atoms with van der Waals surface area (Å²) in [6.45, 7) is 9.04. The molecule has 0 saturated heterocycles. The number of nitrogen functional groups attached to an aromatic ring is 1. The van der Waals surface area contributed by atoms with E-state index in [-0.39, 0.29) is 0 Å². The van der Waals surface area contributed by atoms with E-state index in [1.807, 2.05) is 6.92 Å². The van der Waals surface area contributed by atoms with Crippen molar-refractivity contribution in [1.82, 2.24) is 5.16 Å². The smallest absolute Gasteiger partial charge is 0.170 e. The Balaban J connectivity index is 2.02. The fraction of sp³-hybridized carbons (Fsp3) is 0.786. The molecule has 1 aliphatic carbocycles. The lowest BCUT2D eigenvalue weighted by Gasteiger charge is -2.36. The van der Waals surface area contributed by atoms with E-state index < -0.39 is 0 Å². The number of hydrogen-bond donors (Lipinski definition) is 1. The molecule has 0 radical (unpaired) electrons. The molecule has 2 rings (SSSR count). The van der Waals surface area contributed by atoms with Crippen LogP contribution in [0.5, 0.6) is 0 Å². The lowest BCUT2D eigenvalue weighted by Crippen LogP contribution is -2.25. The van der Waals surface area contributed by atoms with Crippen molar-refractivity contribution < 1.29 is 4.52 Å². The summed E-state index contributed by atoms with van der Waals surface area (Å²) in [5.74, 6) is 2.94. The van der Waals surface area contributed by atoms with Gasteiger partial charge in [0.2, 0.25) is 0 Å². The van der Waals surface area contributed by atoms with Crippen LogP contribution in [0, 0.1) is 18.3 Å². The molecule has 1 fully saturated rings. The minimum atomic E-state index is 0.431. The van der Waals surface area contributed by atoms with Crippen LogP contribution in [-0.4, -0.2) is 5.16 Å². The van der Waals surface area contributed by atoms with Gasteiger partial charge >= 0.3 is 0 Å². The first-order chi connectivity index (χ1) is 7.89. The molecule has 0 atom stereocenters. The maximum absolute atomic E-state index is 5.74. The van der Waals surface area contributed by atoms with Crippen molar-refractivity contribution in [2.45, 2.75) is 59.3 Å². The Morgan fingerprint density at radius 2 is 1.76 bits per heavy atom. The van der Waals surface area contributed by atoms with Gasteiger partial charge in [-0.1, -0.05) is 25.9 Å². The summed E-state index contributed by atoms with van der Waals surface area (Å²) in [7, 11) is 0. The first kappa shape index (κ1) is 12.5. The van der Waals surface area contributed by atoms with Crippen molar-refractivity contribution in [3.63, 3.8) is 0 Å². The third-order valence-electron chi connectivity index (χ3n) is 4.32. The van der Waals surface area contributed by atoms with E-state index >= 15 is 0 Å². The zero-order valence-electron chi connectivity index (χ0n) is 11.4. The number of rotatable bonds is 1. The van der Waals surface area contributed by atoms with E-state index in [0.717, 1.165) is 17.2 Å². The van der Waals surface area contributed by atoms with Crippen LogP contribution in [-0.2, 0) is 0 Å². The first-order valence-corrected chi connectivity index (χ1v) is 6.61. The van der Waals surface area contributed by atoms with Gasteiger partial charge in [0, 0.05) is 11.5 Å². The van der Waals surface area contributed by atoms with Crippen molar-refractivity contribution in [2.24, 2.45) is 11.3 Å². The van der Waals surface area contributed by atoms with Gasteiger partial charge in [0.05, 0.1) is 0 Å². The van der Waals surface area contributed by atoms with Gasteiger partial charge in [-0.15, -0.1) is 0 Å². The third-order valence-corrected chi connectivity index (χ3v) is 4.32. The quantitative estimate of drug-likeness (QED) is 0.805. The summed E-state index contributed by atoms with van der Waals surface area (Å²) < 4.78 is 5.38. The molecule has 1 saturated carbocycles. The minimum Gasteiger partial charge on any atom is -0.381 e. The van der Waals surface area contributed by atoms with Crippen molar-refractivity contribution in [3.8, 4) is 0 Å². The molecule has 3 heteroatoms. The first-order valence-electron chi connectivity index (χ1n) is 6.61. The zero-order chi connectivity index (χ0) is 12.6. The Kier molecular flexibility index (Phi) is 3.19.